The standard InChI is InChI=1S/C23H26N4O4S/c1-23(2,3)20(27-22(28)29)16-5-9-17(10-6-16)25-21-24-14-13-19(26-21)15-7-11-18(12-8-15)32(4,30)31/h5-14,20,27H,1-4H3,(H,28,29)(H,24,25,26). The second-order valence-electron chi connectivity index (χ2n) is 8.56. The Morgan fingerprint density at radius 1 is 1.00 bits per heavy atom. The zero-order valence-corrected chi connectivity index (χ0v) is 19.1. The molecule has 3 rings (SSSR count). The molecule has 9 heteroatoms. The average Bonchev–Trinajstić information content (AvgIpc) is 2.71. The van der Waals surface area contributed by atoms with Crippen LogP contribution in [0, 0.1) is 5.41 Å². The molecule has 1 amide bonds. The smallest absolute Gasteiger partial charge is 0.405 e. The summed E-state index contributed by atoms with van der Waals surface area (Å²) in [6.07, 6.45) is 1.72. The van der Waals surface area contributed by atoms with Crippen LogP contribution in [0.1, 0.15) is 32.4 Å². The van der Waals surface area contributed by atoms with Gasteiger partial charge in [-0.1, -0.05) is 45.0 Å². The van der Waals surface area contributed by atoms with Crippen molar-refractivity contribution in [2.24, 2.45) is 5.41 Å². The lowest BCUT2D eigenvalue weighted by Gasteiger charge is -2.31. The van der Waals surface area contributed by atoms with Crippen LogP contribution in [0.5, 0.6) is 0 Å². The largest absolute Gasteiger partial charge is 0.465 e. The fourth-order valence-electron chi connectivity index (χ4n) is 3.26. The van der Waals surface area contributed by atoms with Gasteiger partial charge in [0.05, 0.1) is 16.6 Å². The number of hydrogen-bond donors (Lipinski definition) is 3. The van der Waals surface area contributed by atoms with Crippen LogP contribution in [-0.2, 0) is 9.84 Å². The maximum atomic E-state index is 11.6. The summed E-state index contributed by atoms with van der Waals surface area (Å²) in [7, 11) is -3.26. The fourth-order valence-corrected chi connectivity index (χ4v) is 3.89. The second kappa shape index (κ2) is 8.96. The second-order valence-corrected chi connectivity index (χ2v) is 10.6. The Kier molecular flexibility index (Phi) is 6.50. The van der Waals surface area contributed by atoms with E-state index in [2.05, 4.69) is 20.6 Å². The number of carboxylic acid groups (broad SMARTS) is 1. The summed E-state index contributed by atoms with van der Waals surface area (Å²) in [5.74, 6) is 0.387. The van der Waals surface area contributed by atoms with Crippen LogP contribution < -0.4 is 10.6 Å². The normalized spacial score (nSPS) is 12.8. The third kappa shape index (κ3) is 5.82. The summed E-state index contributed by atoms with van der Waals surface area (Å²) in [6.45, 7) is 5.92. The monoisotopic (exact) mass is 454 g/mol. The molecule has 3 aromatic rings. The molecule has 0 aliphatic heterocycles. The van der Waals surface area contributed by atoms with E-state index in [0.717, 1.165) is 16.8 Å². The van der Waals surface area contributed by atoms with Crippen molar-refractivity contribution in [1.29, 1.82) is 0 Å². The molecule has 1 unspecified atom stereocenters. The van der Waals surface area contributed by atoms with Gasteiger partial charge in [0.25, 0.3) is 0 Å². The van der Waals surface area contributed by atoms with E-state index < -0.39 is 15.9 Å². The van der Waals surface area contributed by atoms with Gasteiger partial charge in [0.1, 0.15) is 0 Å². The van der Waals surface area contributed by atoms with Crippen molar-refractivity contribution in [3.63, 3.8) is 0 Å². The van der Waals surface area contributed by atoms with Crippen LogP contribution in [0.3, 0.4) is 0 Å². The number of nitrogens with one attached hydrogen (secondary N) is 2. The molecule has 0 radical (unpaired) electrons. The van der Waals surface area contributed by atoms with Crippen LogP contribution in [0.25, 0.3) is 11.3 Å². The molecule has 0 aliphatic rings. The minimum atomic E-state index is -3.26. The Balaban J connectivity index is 1.79. The van der Waals surface area contributed by atoms with Gasteiger partial charge in [-0.3, -0.25) is 0 Å². The van der Waals surface area contributed by atoms with Gasteiger partial charge in [-0.05, 0) is 41.3 Å². The number of nitrogens with zero attached hydrogens (tertiary/aromatic N) is 2. The molecule has 0 fully saturated rings. The van der Waals surface area contributed by atoms with Crippen molar-refractivity contribution in [2.75, 3.05) is 11.6 Å². The number of anilines is 2. The molecule has 0 saturated carbocycles. The van der Waals surface area contributed by atoms with E-state index in [1.165, 1.54) is 6.26 Å². The third-order valence-electron chi connectivity index (χ3n) is 4.87. The first-order valence-corrected chi connectivity index (χ1v) is 11.8. The van der Waals surface area contributed by atoms with Gasteiger partial charge in [-0.15, -0.1) is 0 Å². The maximum absolute atomic E-state index is 11.6. The minimum absolute atomic E-state index is 0.250. The van der Waals surface area contributed by atoms with Gasteiger partial charge in [0.2, 0.25) is 5.95 Å². The Hall–Kier alpha value is -3.46. The Bertz CT molecular complexity index is 1200. The molecule has 32 heavy (non-hydrogen) atoms. The minimum Gasteiger partial charge on any atom is -0.465 e. The first-order valence-electron chi connectivity index (χ1n) is 9.93. The molecule has 168 valence electrons. The van der Waals surface area contributed by atoms with Crippen molar-refractivity contribution in [2.45, 2.75) is 31.7 Å². The lowest BCUT2D eigenvalue weighted by Crippen LogP contribution is -2.35. The summed E-state index contributed by atoms with van der Waals surface area (Å²) in [4.78, 5) is 20.2. The molecule has 8 nitrogen and oxygen atoms in total. The first kappa shape index (κ1) is 23.2. The van der Waals surface area contributed by atoms with E-state index in [1.807, 2.05) is 45.0 Å². The summed E-state index contributed by atoms with van der Waals surface area (Å²) < 4.78 is 23.3. The van der Waals surface area contributed by atoms with Gasteiger partial charge < -0.3 is 15.7 Å². The number of amides is 1. The summed E-state index contributed by atoms with van der Waals surface area (Å²) in [5, 5.41) is 14.9. The third-order valence-corrected chi connectivity index (χ3v) is 6.00. The van der Waals surface area contributed by atoms with E-state index in [1.54, 1.807) is 36.5 Å². The zero-order chi connectivity index (χ0) is 23.5. The number of sulfone groups is 1. The molecule has 1 aromatic heterocycles. The Morgan fingerprint density at radius 2 is 1.62 bits per heavy atom. The van der Waals surface area contributed by atoms with Crippen molar-refractivity contribution in [3.8, 4) is 11.3 Å². The van der Waals surface area contributed by atoms with Crippen LogP contribution in [0.4, 0.5) is 16.4 Å². The Morgan fingerprint density at radius 3 is 2.16 bits per heavy atom. The quantitative estimate of drug-likeness (QED) is 0.496. The molecule has 3 N–H and O–H groups in total. The maximum Gasteiger partial charge on any atom is 0.405 e. The number of rotatable bonds is 6. The highest BCUT2D eigenvalue weighted by molar-refractivity contribution is 7.90. The number of aromatic nitrogens is 2. The molecule has 0 saturated heterocycles. The molecule has 0 bridgehead atoms. The predicted molar refractivity (Wildman–Crippen MR) is 124 cm³/mol. The molecule has 1 atom stereocenters. The van der Waals surface area contributed by atoms with Gasteiger partial charge in [0.15, 0.2) is 9.84 Å². The van der Waals surface area contributed by atoms with Crippen molar-refractivity contribution in [1.82, 2.24) is 15.3 Å². The number of carbonyl (C=O) groups is 1. The lowest BCUT2D eigenvalue weighted by molar-refractivity contribution is 0.175. The molecule has 2 aromatic carbocycles. The number of hydrogen-bond acceptors (Lipinski definition) is 6. The van der Waals surface area contributed by atoms with E-state index in [4.69, 9.17) is 5.11 Å². The molecule has 0 spiro atoms. The van der Waals surface area contributed by atoms with E-state index >= 15 is 0 Å². The first-order chi connectivity index (χ1) is 14.9. The average molecular weight is 455 g/mol. The van der Waals surface area contributed by atoms with Gasteiger partial charge >= 0.3 is 6.09 Å². The van der Waals surface area contributed by atoms with Crippen molar-refractivity contribution >= 4 is 27.6 Å². The predicted octanol–water partition coefficient (Wildman–Crippen LogP) is 4.65. The molecule has 1 heterocycles. The highest BCUT2D eigenvalue weighted by Gasteiger charge is 2.27. The fraction of sp³-hybridized carbons (Fsp3) is 0.261. The van der Waals surface area contributed by atoms with Crippen LogP contribution in [0.15, 0.2) is 65.7 Å². The highest BCUT2D eigenvalue weighted by atomic mass is 32.2. The lowest BCUT2D eigenvalue weighted by atomic mass is 9.82. The topological polar surface area (TPSA) is 121 Å². The summed E-state index contributed by atoms with van der Waals surface area (Å²) in [6, 6.07) is 15.3. The SMILES string of the molecule is CC(C)(C)C(NC(=O)O)c1ccc(Nc2nccc(-c3ccc(S(C)(=O)=O)cc3)n2)cc1. The van der Waals surface area contributed by atoms with Crippen molar-refractivity contribution < 1.29 is 18.3 Å². The zero-order valence-electron chi connectivity index (χ0n) is 18.3. The van der Waals surface area contributed by atoms with E-state index in [-0.39, 0.29) is 16.4 Å². The van der Waals surface area contributed by atoms with E-state index in [9.17, 15) is 13.2 Å². The molecular weight excluding hydrogens is 428 g/mol. The highest BCUT2D eigenvalue weighted by Crippen LogP contribution is 2.33. The summed E-state index contributed by atoms with van der Waals surface area (Å²) >= 11 is 0. The van der Waals surface area contributed by atoms with Gasteiger partial charge in [-0.25, -0.2) is 23.2 Å². The molecular formula is C23H26N4O4S. The van der Waals surface area contributed by atoms with Crippen molar-refractivity contribution in [3.05, 3.63) is 66.4 Å². The summed E-state index contributed by atoms with van der Waals surface area (Å²) in [5.41, 5.74) is 2.73. The van der Waals surface area contributed by atoms with Gasteiger partial charge in [-0.2, -0.15) is 0 Å². The van der Waals surface area contributed by atoms with E-state index in [0.29, 0.717) is 11.6 Å². The van der Waals surface area contributed by atoms with Gasteiger partial charge in [0, 0.05) is 23.7 Å². The molecule has 0 aliphatic carbocycles. The number of benzene rings is 2. The van der Waals surface area contributed by atoms with Crippen LogP contribution in [-0.4, -0.2) is 35.8 Å². The Labute approximate surface area is 187 Å². The van der Waals surface area contributed by atoms with Crippen LogP contribution >= 0.6 is 0 Å². The van der Waals surface area contributed by atoms with Crippen LogP contribution in [0.2, 0.25) is 0 Å².